The highest BCUT2D eigenvalue weighted by molar-refractivity contribution is 7.08. The van der Waals surface area contributed by atoms with Gasteiger partial charge in [0.2, 0.25) is 11.8 Å². The van der Waals surface area contributed by atoms with E-state index in [1.165, 1.54) is 18.3 Å². The van der Waals surface area contributed by atoms with Crippen molar-refractivity contribution in [2.24, 2.45) is 0 Å². The minimum absolute atomic E-state index is 0.0141. The molecule has 1 atom stereocenters. The van der Waals surface area contributed by atoms with Crippen LogP contribution in [0, 0.1) is 0 Å². The fraction of sp³-hybridized carbons (Fsp3) is 0.350. The Morgan fingerprint density at radius 3 is 2.56 bits per heavy atom. The monoisotopic (exact) mass is 383 g/mol. The Kier molecular flexibility index (Phi) is 4.47. The first-order valence-electron chi connectivity index (χ1n) is 8.95. The Balaban J connectivity index is 1.63. The quantitative estimate of drug-likeness (QED) is 0.799. The lowest BCUT2D eigenvalue weighted by atomic mass is 9.91. The summed E-state index contributed by atoms with van der Waals surface area (Å²) >= 11 is 1.49. The van der Waals surface area contributed by atoms with Crippen LogP contribution in [0.1, 0.15) is 23.7 Å². The van der Waals surface area contributed by atoms with Gasteiger partial charge in [-0.05, 0) is 30.0 Å². The van der Waals surface area contributed by atoms with Gasteiger partial charge in [-0.1, -0.05) is 18.2 Å². The molecule has 0 N–H and O–H groups in total. The molecule has 2 saturated heterocycles. The summed E-state index contributed by atoms with van der Waals surface area (Å²) in [6, 6.07) is 11.3. The third-order valence-electron chi connectivity index (χ3n) is 5.46. The van der Waals surface area contributed by atoms with Gasteiger partial charge >= 0.3 is 0 Å². The molecule has 4 rings (SSSR count). The molecule has 7 heteroatoms. The van der Waals surface area contributed by atoms with Crippen molar-refractivity contribution in [3.63, 3.8) is 0 Å². The number of benzene rings is 1. The van der Waals surface area contributed by atoms with Crippen molar-refractivity contribution in [3.05, 3.63) is 52.7 Å². The van der Waals surface area contributed by atoms with Crippen LogP contribution in [0.15, 0.2) is 47.2 Å². The zero-order chi connectivity index (χ0) is 19.0. The van der Waals surface area contributed by atoms with E-state index in [1.807, 2.05) is 47.2 Å². The molecule has 2 fully saturated rings. The smallest absolute Gasteiger partial charge is 0.254 e. The zero-order valence-electron chi connectivity index (χ0n) is 15.1. The maximum absolute atomic E-state index is 12.8. The van der Waals surface area contributed by atoms with Crippen molar-refractivity contribution in [2.45, 2.75) is 18.9 Å². The summed E-state index contributed by atoms with van der Waals surface area (Å²) in [5, 5.41) is 3.73. The molecule has 1 unspecified atom stereocenters. The number of hydrogen-bond acceptors (Lipinski definition) is 4. The van der Waals surface area contributed by atoms with Crippen LogP contribution in [-0.4, -0.2) is 59.2 Å². The number of hydrogen-bond donors (Lipinski definition) is 0. The van der Waals surface area contributed by atoms with E-state index < -0.39 is 5.54 Å². The molecule has 0 saturated carbocycles. The Morgan fingerprint density at radius 2 is 1.89 bits per heavy atom. The molecule has 140 valence electrons. The van der Waals surface area contributed by atoms with E-state index in [2.05, 4.69) is 0 Å². The fourth-order valence-corrected chi connectivity index (χ4v) is 4.72. The highest BCUT2D eigenvalue weighted by Gasteiger charge is 2.51. The summed E-state index contributed by atoms with van der Waals surface area (Å²) in [6.45, 7) is 2.97. The van der Waals surface area contributed by atoms with Crippen LogP contribution < -0.4 is 4.90 Å². The number of carbonyl (C=O) groups is 3. The molecule has 0 radical (unpaired) electrons. The molecular weight excluding hydrogens is 362 g/mol. The van der Waals surface area contributed by atoms with Gasteiger partial charge in [-0.25, -0.2) is 0 Å². The summed E-state index contributed by atoms with van der Waals surface area (Å²) < 4.78 is 0. The van der Waals surface area contributed by atoms with E-state index >= 15 is 0 Å². The molecule has 1 aromatic heterocycles. The van der Waals surface area contributed by atoms with Gasteiger partial charge < -0.3 is 14.7 Å². The van der Waals surface area contributed by atoms with Crippen LogP contribution in [0.25, 0.3) is 0 Å². The minimum Gasteiger partial charge on any atom is -0.336 e. The van der Waals surface area contributed by atoms with E-state index in [1.54, 1.807) is 14.7 Å². The van der Waals surface area contributed by atoms with Crippen molar-refractivity contribution >= 4 is 34.7 Å². The van der Waals surface area contributed by atoms with Gasteiger partial charge in [-0.3, -0.25) is 14.4 Å². The Labute approximate surface area is 162 Å². The van der Waals surface area contributed by atoms with Crippen LogP contribution in [0.5, 0.6) is 0 Å². The third kappa shape index (κ3) is 3.12. The van der Waals surface area contributed by atoms with Crippen molar-refractivity contribution in [2.75, 3.05) is 31.1 Å². The van der Waals surface area contributed by atoms with Gasteiger partial charge in [0.05, 0.1) is 17.6 Å². The molecule has 2 aliphatic rings. The van der Waals surface area contributed by atoms with E-state index in [4.69, 9.17) is 0 Å². The summed E-state index contributed by atoms with van der Waals surface area (Å²) in [5.74, 6) is -0.231. The first-order valence-corrected chi connectivity index (χ1v) is 9.90. The third-order valence-corrected chi connectivity index (χ3v) is 6.14. The lowest BCUT2D eigenvalue weighted by molar-refractivity contribution is -0.142. The standard InChI is InChI=1S/C20H21N3O3S/c1-15(24)23-11-18(25)22(17-5-3-2-4-6-17)14-20(23)8-9-21(13-20)19(26)16-7-10-27-12-16/h2-7,10,12H,8-9,11,13-14H2,1H3. The zero-order valence-corrected chi connectivity index (χ0v) is 15.9. The Bertz CT molecular complexity index is 868. The lowest BCUT2D eigenvalue weighted by Gasteiger charge is -2.48. The number of piperazine rings is 1. The van der Waals surface area contributed by atoms with Crippen molar-refractivity contribution in [1.29, 1.82) is 0 Å². The van der Waals surface area contributed by atoms with Crippen molar-refractivity contribution in [3.8, 4) is 0 Å². The molecule has 3 heterocycles. The van der Waals surface area contributed by atoms with E-state index in [-0.39, 0.29) is 24.3 Å². The predicted molar refractivity (Wildman–Crippen MR) is 104 cm³/mol. The maximum Gasteiger partial charge on any atom is 0.254 e. The largest absolute Gasteiger partial charge is 0.336 e. The maximum atomic E-state index is 12.8. The van der Waals surface area contributed by atoms with E-state index in [9.17, 15) is 14.4 Å². The van der Waals surface area contributed by atoms with Gasteiger partial charge in [-0.2, -0.15) is 11.3 Å². The molecule has 1 aromatic carbocycles. The first-order chi connectivity index (χ1) is 13.0. The normalized spacial score (nSPS) is 22.6. The van der Waals surface area contributed by atoms with Crippen molar-refractivity contribution in [1.82, 2.24) is 9.80 Å². The number of likely N-dealkylation sites (tertiary alicyclic amines) is 1. The highest BCUT2D eigenvalue weighted by Crippen LogP contribution is 2.35. The topological polar surface area (TPSA) is 60.9 Å². The number of rotatable bonds is 2. The number of thiophene rings is 1. The second kappa shape index (κ2) is 6.81. The molecule has 2 aliphatic heterocycles. The van der Waals surface area contributed by atoms with E-state index in [0.29, 0.717) is 31.6 Å². The van der Waals surface area contributed by atoms with Crippen LogP contribution >= 0.6 is 11.3 Å². The van der Waals surface area contributed by atoms with Gasteiger partial charge in [-0.15, -0.1) is 0 Å². The average molecular weight is 383 g/mol. The predicted octanol–water partition coefficient (Wildman–Crippen LogP) is 2.23. The number of anilines is 1. The number of nitrogens with zero attached hydrogens (tertiary/aromatic N) is 3. The number of carbonyl (C=O) groups excluding carboxylic acids is 3. The Morgan fingerprint density at radius 1 is 1.11 bits per heavy atom. The summed E-state index contributed by atoms with van der Waals surface area (Å²) in [4.78, 5) is 43.0. The van der Waals surface area contributed by atoms with Gasteiger partial charge in [0.15, 0.2) is 0 Å². The molecule has 0 aliphatic carbocycles. The van der Waals surface area contributed by atoms with Crippen LogP contribution in [0.2, 0.25) is 0 Å². The minimum atomic E-state index is -0.540. The van der Waals surface area contributed by atoms with E-state index in [0.717, 1.165) is 5.69 Å². The molecule has 0 bridgehead atoms. The molecule has 27 heavy (non-hydrogen) atoms. The highest BCUT2D eigenvalue weighted by atomic mass is 32.1. The lowest BCUT2D eigenvalue weighted by Crippen LogP contribution is -2.67. The average Bonchev–Trinajstić information content (AvgIpc) is 3.34. The van der Waals surface area contributed by atoms with Gasteiger partial charge in [0.1, 0.15) is 6.54 Å². The second-order valence-electron chi connectivity index (χ2n) is 7.13. The van der Waals surface area contributed by atoms with Crippen LogP contribution in [0.4, 0.5) is 5.69 Å². The summed E-state index contributed by atoms with van der Waals surface area (Å²) in [5.41, 5.74) is 0.965. The number of para-hydroxylation sites is 1. The van der Waals surface area contributed by atoms with Gasteiger partial charge in [0.25, 0.3) is 5.91 Å². The summed E-state index contributed by atoms with van der Waals surface area (Å²) in [7, 11) is 0. The molecule has 1 spiro atoms. The van der Waals surface area contributed by atoms with Crippen molar-refractivity contribution < 1.29 is 14.4 Å². The summed E-state index contributed by atoms with van der Waals surface area (Å²) in [6.07, 6.45) is 0.666. The Hall–Kier alpha value is -2.67. The second-order valence-corrected chi connectivity index (χ2v) is 7.91. The molecule has 2 aromatic rings. The SMILES string of the molecule is CC(=O)N1CC(=O)N(c2ccccc2)CC12CCN(C(=O)c1ccsc1)C2. The van der Waals surface area contributed by atoms with Crippen LogP contribution in [0.3, 0.4) is 0 Å². The van der Waals surface area contributed by atoms with Crippen LogP contribution in [-0.2, 0) is 9.59 Å². The molecule has 6 nitrogen and oxygen atoms in total. The fourth-order valence-electron chi connectivity index (χ4n) is 4.09. The molecule has 3 amide bonds. The number of amides is 3. The first kappa shape index (κ1) is 17.7. The van der Waals surface area contributed by atoms with Gasteiger partial charge in [0, 0.05) is 31.1 Å². The molecular formula is C20H21N3O3S.